The normalized spacial score (nSPS) is 42.1. The third-order valence-electron chi connectivity index (χ3n) is 8.69. The standard InChI is InChI=1S/C23H32O5/c1-22-11-9-15(24)13-14(22)3-4-16-17-5-6-19(23(17,2)12-10-18(16)22)28-21(27)8-7-20(25)26/h13,16-19H,3-12H2,1-2H3,(H,25,26)/t16-,17-,18+,19-,22-,23-/m0/s1. The number of hydrogen-bond acceptors (Lipinski definition) is 4. The molecule has 0 aromatic heterocycles. The quantitative estimate of drug-likeness (QED) is 0.727. The second kappa shape index (κ2) is 7.00. The van der Waals surface area contributed by atoms with Crippen LogP contribution in [0, 0.1) is 28.6 Å². The van der Waals surface area contributed by atoms with Crippen molar-refractivity contribution in [2.45, 2.75) is 84.2 Å². The summed E-state index contributed by atoms with van der Waals surface area (Å²) in [5.41, 5.74) is 1.54. The van der Waals surface area contributed by atoms with Gasteiger partial charge in [0.2, 0.25) is 0 Å². The Kier molecular flexibility index (Phi) is 4.91. The SMILES string of the molecule is C[C@]12CC[C@@H]3[C@@H](CCC4=CC(=O)CC[C@@]43C)[C@@H]1CC[C@@H]2OC(=O)CCC(=O)O. The third-order valence-corrected chi connectivity index (χ3v) is 8.69. The minimum atomic E-state index is -0.960. The molecule has 0 heterocycles. The lowest BCUT2D eigenvalue weighted by Crippen LogP contribution is -2.51. The van der Waals surface area contributed by atoms with E-state index in [1.54, 1.807) is 0 Å². The molecule has 3 fully saturated rings. The van der Waals surface area contributed by atoms with Crippen LogP contribution < -0.4 is 0 Å². The molecule has 0 saturated heterocycles. The lowest BCUT2D eigenvalue weighted by Gasteiger charge is -2.57. The van der Waals surface area contributed by atoms with Gasteiger partial charge in [-0.15, -0.1) is 0 Å². The van der Waals surface area contributed by atoms with Crippen LogP contribution in [0.2, 0.25) is 0 Å². The molecule has 0 bridgehead atoms. The fourth-order valence-corrected chi connectivity index (χ4v) is 7.13. The minimum absolute atomic E-state index is 0.00210. The number of carboxylic acid groups (broad SMARTS) is 1. The lowest BCUT2D eigenvalue weighted by molar-refractivity contribution is -0.161. The van der Waals surface area contributed by atoms with Gasteiger partial charge in [0, 0.05) is 11.8 Å². The van der Waals surface area contributed by atoms with Crippen LogP contribution in [0.1, 0.15) is 78.1 Å². The van der Waals surface area contributed by atoms with E-state index < -0.39 is 5.97 Å². The Hall–Kier alpha value is -1.65. The fourth-order valence-electron chi connectivity index (χ4n) is 7.13. The largest absolute Gasteiger partial charge is 0.481 e. The Morgan fingerprint density at radius 1 is 1.07 bits per heavy atom. The van der Waals surface area contributed by atoms with E-state index in [0.717, 1.165) is 44.9 Å². The van der Waals surface area contributed by atoms with Crippen molar-refractivity contribution in [3.05, 3.63) is 11.6 Å². The van der Waals surface area contributed by atoms with Crippen molar-refractivity contribution in [1.29, 1.82) is 0 Å². The average molecular weight is 389 g/mol. The molecule has 4 rings (SSSR count). The van der Waals surface area contributed by atoms with Crippen LogP contribution in [-0.2, 0) is 19.1 Å². The second-order valence-electron chi connectivity index (χ2n) is 9.96. The van der Waals surface area contributed by atoms with Crippen molar-refractivity contribution in [1.82, 2.24) is 0 Å². The van der Waals surface area contributed by atoms with Gasteiger partial charge < -0.3 is 9.84 Å². The van der Waals surface area contributed by atoms with Gasteiger partial charge in [-0.25, -0.2) is 0 Å². The molecule has 6 atom stereocenters. The van der Waals surface area contributed by atoms with Crippen LogP contribution in [0.3, 0.4) is 0 Å². The van der Waals surface area contributed by atoms with Gasteiger partial charge in [-0.1, -0.05) is 19.4 Å². The number of carboxylic acids is 1. The van der Waals surface area contributed by atoms with E-state index in [1.165, 1.54) is 5.57 Å². The molecule has 0 amide bonds. The van der Waals surface area contributed by atoms with E-state index in [9.17, 15) is 14.4 Å². The summed E-state index contributed by atoms with van der Waals surface area (Å²) in [5.74, 6) is 0.776. The molecule has 0 aliphatic heterocycles. The van der Waals surface area contributed by atoms with E-state index in [1.807, 2.05) is 6.08 Å². The van der Waals surface area contributed by atoms with E-state index >= 15 is 0 Å². The van der Waals surface area contributed by atoms with Gasteiger partial charge in [-0.05, 0) is 74.2 Å². The van der Waals surface area contributed by atoms with Crippen LogP contribution >= 0.6 is 0 Å². The molecule has 0 aromatic rings. The summed E-state index contributed by atoms with van der Waals surface area (Å²) in [6.45, 7) is 4.66. The number of aliphatic carboxylic acids is 1. The van der Waals surface area contributed by atoms with E-state index in [2.05, 4.69) is 13.8 Å². The predicted molar refractivity (Wildman–Crippen MR) is 103 cm³/mol. The van der Waals surface area contributed by atoms with Gasteiger partial charge in [-0.2, -0.15) is 0 Å². The Balaban J connectivity index is 1.49. The number of ether oxygens (including phenoxy) is 1. The van der Waals surface area contributed by atoms with Crippen LogP contribution in [0.4, 0.5) is 0 Å². The summed E-state index contributed by atoms with van der Waals surface area (Å²) in [6, 6.07) is 0. The van der Waals surface area contributed by atoms with Gasteiger partial charge in [0.05, 0.1) is 12.8 Å². The molecular formula is C23H32O5. The van der Waals surface area contributed by atoms with Crippen molar-refractivity contribution in [2.24, 2.45) is 28.6 Å². The van der Waals surface area contributed by atoms with Crippen molar-refractivity contribution in [2.75, 3.05) is 0 Å². The zero-order valence-corrected chi connectivity index (χ0v) is 17.0. The molecule has 3 saturated carbocycles. The number of rotatable bonds is 4. The topological polar surface area (TPSA) is 80.7 Å². The number of carbonyl (C=O) groups excluding carboxylic acids is 2. The Bertz CT molecular complexity index is 725. The first-order valence-corrected chi connectivity index (χ1v) is 10.9. The van der Waals surface area contributed by atoms with Crippen molar-refractivity contribution >= 4 is 17.7 Å². The summed E-state index contributed by atoms with van der Waals surface area (Å²) in [7, 11) is 0. The number of allylic oxidation sites excluding steroid dienone is 1. The molecule has 5 heteroatoms. The number of fused-ring (bicyclic) bond motifs is 5. The highest BCUT2D eigenvalue weighted by molar-refractivity contribution is 5.91. The van der Waals surface area contributed by atoms with Crippen LogP contribution in [0.5, 0.6) is 0 Å². The van der Waals surface area contributed by atoms with Gasteiger partial charge >= 0.3 is 11.9 Å². The molecule has 0 aromatic carbocycles. The molecular weight excluding hydrogens is 356 g/mol. The second-order valence-corrected chi connectivity index (χ2v) is 9.96. The lowest BCUT2D eigenvalue weighted by atomic mass is 9.47. The van der Waals surface area contributed by atoms with Gasteiger partial charge in [0.1, 0.15) is 6.10 Å². The number of hydrogen-bond donors (Lipinski definition) is 1. The minimum Gasteiger partial charge on any atom is -0.481 e. The average Bonchev–Trinajstić information content (AvgIpc) is 2.97. The van der Waals surface area contributed by atoms with E-state index in [4.69, 9.17) is 9.84 Å². The molecule has 154 valence electrons. The number of esters is 1. The maximum atomic E-state index is 12.1. The highest BCUT2D eigenvalue weighted by atomic mass is 16.5. The first-order chi connectivity index (χ1) is 13.2. The van der Waals surface area contributed by atoms with E-state index in [-0.39, 0.29) is 35.7 Å². The fraction of sp³-hybridized carbons (Fsp3) is 0.783. The van der Waals surface area contributed by atoms with Crippen molar-refractivity contribution in [3.63, 3.8) is 0 Å². The van der Waals surface area contributed by atoms with Crippen molar-refractivity contribution < 1.29 is 24.2 Å². The highest BCUT2D eigenvalue weighted by Crippen LogP contribution is 2.65. The van der Waals surface area contributed by atoms with Crippen LogP contribution in [-0.4, -0.2) is 28.9 Å². The molecule has 0 radical (unpaired) electrons. The molecule has 0 spiro atoms. The smallest absolute Gasteiger partial charge is 0.306 e. The third kappa shape index (κ3) is 3.11. The molecule has 5 nitrogen and oxygen atoms in total. The summed E-state index contributed by atoms with van der Waals surface area (Å²) in [6.07, 6.45) is 9.62. The predicted octanol–water partition coefficient (Wildman–Crippen LogP) is 4.29. The number of ketones is 1. The monoisotopic (exact) mass is 388 g/mol. The Morgan fingerprint density at radius 3 is 2.61 bits per heavy atom. The van der Waals surface area contributed by atoms with Crippen LogP contribution in [0.15, 0.2) is 11.6 Å². The van der Waals surface area contributed by atoms with Gasteiger partial charge in [0.15, 0.2) is 5.78 Å². The summed E-state index contributed by atoms with van der Waals surface area (Å²) in [4.78, 5) is 34.8. The number of carbonyl (C=O) groups is 3. The van der Waals surface area contributed by atoms with Gasteiger partial charge in [-0.3, -0.25) is 14.4 Å². The molecule has 28 heavy (non-hydrogen) atoms. The first-order valence-electron chi connectivity index (χ1n) is 10.9. The summed E-state index contributed by atoms with van der Waals surface area (Å²) < 4.78 is 5.80. The zero-order valence-electron chi connectivity index (χ0n) is 17.0. The Morgan fingerprint density at radius 2 is 1.86 bits per heavy atom. The molecule has 4 aliphatic rings. The summed E-state index contributed by atoms with van der Waals surface area (Å²) >= 11 is 0. The van der Waals surface area contributed by atoms with Crippen molar-refractivity contribution in [3.8, 4) is 0 Å². The molecule has 4 aliphatic carbocycles. The molecule has 0 unspecified atom stereocenters. The van der Waals surface area contributed by atoms with Gasteiger partial charge in [0.25, 0.3) is 0 Å². The maximum absolute atomic E-state index is 12.1. The summed E-state index contributed by atoms with van der Waals surface area (Å²) in [5, 5.41) is 8.79. The maximum Gasteiger partial charge on any atom is 0.306 e. The zero-order chi connectivity index (χ0) is 20.1. The van der Waals surface area contributed by atoms with Crippen LogP contribution in [0.25, 0.3) is 0 Å². The first kappa shape index (κ1) is 19.7. The molecule has 1 N–H and O–H groups in total. The Labute approximate surface area is 166 Å². The van der Waals surface area contributed by atoms with E-state index in [0.29, 0.717) is 30.0 Å². The highest BCUT2D eigenvalue weighted by Gasteiger charge is 2.59.